The number of aromatic hydroxyl groups is 1. The van der Waals surface area contributed by atoms with Crippen molar-refractivity contribution >= 4 is 11.6 Å². The van der Waals surface area contributed by atoms with E-state index in [4.69, 9.17) is 0 Å². The van der Waals surface area contributed by atoms with E-state index in [9.17, 15) is 9.90 Å². The van der Waals surface area contributed by atoms with Gasteiger partial charge in [-0.1, -0.05) is 0 Å². The lowest BCUT2D eigenvalue weighted by molar-refractivity contribution is 0.102. The monoisotopic (exact) mass is 229 g/mol. The van der Waals surface area contributed by atoms with Crippen LogP contribution in [0.2, 0.25) is 0 Å². The normalized spacial score (nSPS) is 9.94. The van der Waals surface area contributed by atoms with E-state index < -0.39 is 0 Å². The van der Waals surface area contributed by atoms with Gasteiger partial charge in [0.15, 0.2) is 0 Å². The zero-order valence-corrected chi connectivity index (χ0v) is 9.21. The zero-order valence-electron chi connectivity index (χ0n) is 9.21. The highest BCUT2D eigenvalue weighted by atomic mass is 16.3. The number of anilines is 1. The first-order valence-electron chi connectivity index (χ1n) is 5.03. The smallest absolute Gasteiger partial charge is 0.257 e. The van der Waals surface area contributed by atoms with Crippen molar-refractivity contribution in [3.8, 4) is 5.75 Å². The van der Waals surface area contributed by atoms with E-state index in [1.807, 2.05) is 6.92 Å². The van der Waals surface area contributed by atoms with Crippen molar-refractivity contribution in [2.45, 2.75) is 6.92 Å². The molecule has 17 heavy (non-hydrogen) atoms. The number of nitrogens with one attached hydrogen (secondary N) is 1. The van der Waals surface area contributed by atoms with Gasteiger partial charge in [-0.25, -0.2) is 0 Å². The minimum atomic E-state index is -0.334. The van der Waals surface area contributed by atoms with Gasteiger partial charge in [0.05, 0.1) is 23.6 Å². The lowest BCUT2D eigenvalue weighted by Crippen LogP contribution is -2.12. The Morgan fingerprint density at radius 3 is 2.76 bits per heavy atom. The van der Waals surface area contributed by atoms with E-state index in [1.54, 1.807) is 18.3 Å². The molecule has 86 valence electrons. The minimum absolute atomic E-state index is 0.0420. The van der Waals surface area contributed by atoms with Crippen molar-refractivity contribution in [1.29, 1.82) is 0 Å². The molecule has 5 heteroatoms. The van der Waals surface area contributed by atoms with Gasteiger partial charge in [-0.15, -0.1) is 0 Å². The van der Waals surface area contributed by atoms with E-state index in [0.717, 1.165) is 5.69 Å². The summed E-state index contributed by atoms with van der Waals surface area (Å²) < 4.78 is 0. The molecule has 2 aromatic heterocycles. The van der Waals surface area contributed by atoms with Crippen LogP contribution in [0.15, 0.2) is 36.8 Å². The Kier molecular flexibility index (Phi) is 3.00. The number of rotatable bonds is 2. The molecule has 0 aliphatic carbocycles. The van der Waals surface area contributed by atoms with Crippen molar-refractivity contribution in [1.82, 2.24) is 9.97 Å². The summed E-state index contributed by atoms with van der Waals surface area (Å²) in [4.78, 5) is 19.6. The van der Waals surface area contributed by atoms with Gasteiger partial charge in [-0.2, -0.15) is 0 Å². The molecule has 0 saturated heterocycles. The van der Waals surface area contributed by atoms with Gasteiger partial charge < -0.3 is 10.4 Å². The van der Waals surface area contributed by atoms with Gasteiger partial charge in [0.2, 0.25) is 0 Å². The Balaban J connectivity index is 2.14. The summed E-state index contributed by atoms with van der Waals surface area (Å²) in [5, 5.41) is 11.9. The van der Waals surface area contributed by atoms with Crippen LogP contribution in [0, 0.1) is 6.92 Å². The van der Waals surface area contributed by atoms with Crippen molar-refractivity contribution in [3.63, 3.8) is 0 Å². The third-order valence-electron chi connectivity index (χ3n) is 2.16. The molecular weight excluding hydrogens is 218 g/mol. The first-order chi connectivity index (χ1) is 8.15. The second-order valence-corrected chi connectivity index (χ2v) is 3.57. The van der Waals surface area contributed by atoms with Crippen molar-refractivity contribution in [2.75, 3.05) is 5.32 Å². The Morgan fingerprint density at radius 1 is 1.29 bits per heavy atom. The number of hydrogen-bond donors (Lipinski definition) is 2. The standard InChI is InChI=1S/C12H11N3O2/c1-8-2-3-10(6-14-8)15-12(17)9-4-11(16)7-13-5-9/h2-7,16H,1H3,(H,15,17). The Hall–Kier alpha value is -2.43. The molecule has 5 nitrogen and oxygen atoms in total. The third kappa shape index (κ3) is 2.78. The molecule has 0 radical (unpaired) electrons. The number of aromatic nitrogens is 2. The molecule has 0 aliphatic rings. The van der Waals surface area contributed by atoms with Crippen LogP contribution in [0.25, 0.3) is 0 Å². The van der Waals surface area contributed by atoms with Crippen molar-refractivity contribution < 1.29 is 9.90 Å². The molecule has 0 bridgehead atoms. The highest BCUT2D eigenvalue weighted by Gasteiger charge is 2.07. The maximum atomic E-state index is 11.8. The summed E-state index contributed by atoms with van der Waals surface area (Å²) in [6, 6.07) is 4.91. The molecule has 0 fully saturated rings. The SMILES string of the molecule is Cc1ccc(NC(=O)c2cncc(O)c2)cn1. The van der Waals surface area contributed by atoms with E-state index in [-0.39, 0.29) is 11.7 Å². The quantitative estimate of drug-likeness (QED) is 0.822. The first kappa shape index (κ1) is 11.1. The van der Waals surface area contributed by atoms with Crippen LogP contribution in [-0.2, 0) is 0 Å². The highest BCUT2D eigenvalue weighted by molar-refractivity contribution is 6.04. The summed E-state index contributed by atoms with van der Waals surface area (Å²) in [6.45, 7) is 1.87. The van der Waals surface area contributed by atoms with Gasteiger partial charge >= 0.3 is 0 Å². The summed E-state index contributed by atoms with van der Waals surface area (Å²) in [6.07, 6.45) is 4.23. The molecule has 0 spiro atoms. The van der Waals surface area contributed by atoms with Crippen LogP contribution in [0.4, 0.5) is 5.69 Å². The second-order valence-electron chi connectivity index (χ2n) is 3.57. The lowest BCUT2D eigenvalue weighted by Gasteiger charge is -2.04. The first-order valence-corrected chi connectivity index (χ1v) is 5.03. The maximum absolute atomic E-state index is 11.8. The van der Waals surface area contributed by atoms with Crippen LogP contribution in [0.3, 0.4) is 0 Å². The number of carbonyl (C=O) groups excluding carboxylic acids is 1. The summed E-state index contributed by atoms with van der Waals surface area (Å²) >= 11 is 0. The second kappa shape index (κ2) is 4.61. The molecule has 0 aromatic carbocycles. The Morgan fingerprint density at radius 2 is 2.12 bits per heavy atom. The number of carbonyl (C=O) groups is 1. The Bertz CT molecular complexity index is 538. The molecular formula is C12H11N3O2. The van der Waals surface area contributed by atoms with Gasteiger partial charge in [0.1, 0.15) is 5.75 Å². The fourth-order valence-electron chi connectivity index (χ4n) is 1.30. The molecule has 2 N–H and O–H groups in total. The predicted octanol–water partition coefficient (Wildman–Crippen LogP) is 1.74. The van der Waals surface area contributed by atoms with E-state index >= 15 is 0 Å². The topological polar surface area (TPSA) is 75.1 Å². The average molecular weight is 229 g/mol. The number of pyridine rings is 2. The number of hydrogen-bond acceptors (Lipinski definition) is 4. The summed E-state index contributed by atoms with van der Waals surface area (Å²) in [5.41, 5.74) is 1.77. The third-order valence-corrected chi connectivity index (χ3v) is 2.16. The van der Waals surface area contributed by atoms with Gasteiger partial charge in [0, 0.05) is 11.9 Å². The molecule has 0 aliphatic heterocycles. The molecule has 0 atom stereocenters. The maximum Gasteiger partial charge on any atom is 0.257 e. The number of amides is 1. The fourth-order valence-corrected chi connectivity index (χ4v) is 1.30. The molecule has 0 unspecified atom stereocenters. The van der Waals surface area contributed by atoms with Crippen molar-refractivity contribution in [3.05, 3.63) is 48.0 Å². The van der Waals surface area contributed by atoms with Crippen LogP contribution < -0.4 is 5.32 Å². The van der Waals surface area contributed by atoms with E-state index in [1.165, 1.54) is 18.5 Å². The van der Waals surface area contributed by atoms with E-state index in [2.05, 4.69) is 15.3 Å². The van der Waals surface area contributed by atoms with E-state index in [0.29, 0.717) is 11.3 Å². The predicted molar refractivity (Wildman–Crippen MR) is 62.8 cm³/mol. The average Bonchev–Trinajstić information content (AvgIpc) is 2.32. The van der Waals surface area contributed by atoms with Crippen LogP contribution in [0.5, 0.6) is 5.75 Å². The van der Waals surface area contributed by atoms with Gasteiger partial charge in [-0.05, 0) is 25.1 Å². The molecule has 2 aromatic rings. The van der Waals surface area contributed by atoms with Crippen LogP contribution in [0.1, 0.15) is 16.1 Å². The fraction of sp³-hybridized carbons (Fsp3) is 0.0833. The van der Waals surface area contributed by atoms with Crippen LogP contribution >= 0.6 is 0 Å². The summed E-state index contributed by atoms with van der Waals surface area (Å²) in [7, 11) is 0. The summed E-state index contributed by atoms with van der Waals surface area (Å²) in [5.74, 6) is -0.376. The molecule has 1 amide bonds. The minimum Gasteiger partial charge on any atom is -0.506 e. The number of nitrogens with zero attached hydrogens (tertiary/aromatic N) is 2. The highest BCUT2D eigenvalue weighted by Crippen LogP contribution is 2.11. The Labute approximate surface area is 98.2 Å². The van der Waals surface area contributed by atoms with Gasteiger partial charge in [-0.3, -0.25) is 14.8 Å². The zero-order chi connectivity index (χ0) is 12.3. The van der Waals surface area contributed by atoms with Crippen molar-refractivity contribution in [2.24, 2.45) is 0 Å². The molecule has 2 heterocycles. The largest absolute Gasteiger partial charge is 0.506 e. The van der Waals surface area contributed by atoms with Gasteiger partial charge in [0.25, 0.3) is 5.91 Å². The molecule has 2 rings (SSSR count). The van der Waals surface area contributed by atoms with Crippen LogP contribution in [-0.4, -0.2) is 21.0 Å². The lowest BCUT2D eigenvalue weighted by atomic mass is 10.2. The number of aryl methyl sites for hydroxylation is 1. The molecule has 0 saturated carbocycles.